The number of carbonyl (C=O) groups excluding carboxylic acids is 1. The van der Waals surface area contributed by atoms with Gasteiger partial charge in [0, 0.05) is 5.56 Å². The fourth-order valence-electron chi connectivity index (χ4n) is 3.37. The third-order valence-corrected chi connectivity index (χ3v) is 7.37. The Hall–Kier alpha value is -2.83. The van der Waals surface area contributed by atoms with E-state index in [1.165, 1.54) is 18.2 Å². The van der Waals surface area contributed by atoms with Crippen LogP contribution in [0.3, 0.4) is 0 Å². The summed E-state index contributed by atoms with van der Waals surface area (Å²) in [4.78, 5) is 12.8. The van der Waals surface area contributed by atoms with Gasteiger partial charge < -0.3 is 5.32 Å². The summed E-state index contributed by atoms with van der Waals surface area (Å²) in [5, 5.41) is 3.03. The molecular weight excluding hydrogens is 444 g/mol. The van der Waals surface area contributed by atoms with Gasteiger partial charge in [-0.3, -0.25) is 9.52 Å². The van der Waals surface area contributed by atoms with Crippen molar-refractivity contribution in [2.24, 2.45) is 0 Å². The molecule has 5 nitrogen and oxygen atoms in total. The standard InChI is InChI=1S/C25H27ClN2O3S/c1-5-22(19-11-9-16(2)10-12-19)27-25(29)20-13-14-21(26)24(15-20)32(30,31)28-23-8-6-7-17(3)18(23)4/h6-15,22,28H,5H2,1-4H3,(H,27,29)/t22-/m0/s1. The number of carbonyl (C=O) groups is 1. The highest BCUT2D eigenvalue weighted by molar-refractivity contribution is 7.92. The van der Waals surface area contributed by atoms with E-state index in [2.05, 4.69) is 10.0 Å². The summed E-state index contributed by atoms with van der Waals surface area (Å²) in [6.07, 6.45) is 0.696. The third-order valence-electron chi connectivity index (χ3n) is 5.53. The van der Waals surface area contributed by atoms with Crippen LogP contribution in [0.2, 0.25) is 5.02 Å². The average molecular weight is 471 g/mol. The molecule has 1 amide bonds. The van der Waals surface area contributed by atoms with Gasteiger partial charge in [-0.05, 0) is 68.1 Å². The van der Waals surface area contributed by atoms with E-state index in [4.69, 9.17) is 11.6 Å². The van der Waals surface area contributed by atoms with E-state index in [0.29, 0.717) is 12.1 Å². The Morgan fingerprint density at radius 3 is 2.34 bits per heavy atom. The Morgan fingerprint density at radius 1 is 1.00 bits per heavy atom. The van der Waals surface area contributed by atoms with Crippen LogP contribution in [0.4, 0.5) is 5.69 Å². The number of benzene rings is 3. The normalized spacial score (nSPS) is 12.3. The fraction of sp³-hybridized carbons (Fsp3) is 0.240. The maximum atomic E-state index is 13.1. The number of hydrogen-bond acceptors (Lipinski definition) is 3. The highest BCUT2D eigenvalue weighted by Crippen LogP contribution is 2.27. The second-order valence-corrected chi connectivity index (χ2v) is 9.90. The molecule has 0 radical (unpaired) electrons. The number of halogens is 1. The topological polar surface area (TPSA) is 75.3 Å². The molecular formula is C25H27ClN2O3S. The molecule has 0 aliphatic carbocycles. The van der Waals surface area contributed by atoms with E-state index >= 15 is 0 Å². The van der Waals surface area contributed by atoms with E-state index in [9.17, 15) is 13.2 Å². The molecule has 3 rings (SSSR count). The predicted molar refractivity (Wildman–Crippen MR) is 130 cm³/mol. The summed E-state index contributed by atoms with van der Waals surface area (Å²) in [6, 6.07) is 17.4. The van der Waals surface area contributed by atoms with Crippen molar-refractivity contribution in [1.82, 2.24) is 5.32 Å². The lowest BCUT2D eigenvalue weighted by Crippen LogP contribution is -2.28. The van der Waals surface area contributed by atoms with E-state index < -0.39 is 10.0 Å². The number of amides is 1. The maximum absolute atomic E-state index is 13.1. The molecule has 0 spiro atoms. The number of sulfonamides is 1. The largest absolute Gasteiger partial charge is 0.345 e. The van der Waals surface area contributed by atoms with Crippen molar-refractivity contribution in [3.05, 3.63) is 93.5 Å². The van der Waals surface area contributed by atoms with E-state index in [-0.39, 0.29) is 27.4 Å². The molecule has 0 aliphatic rings. The molecule has 3 aromatic carbocycles. The van der Waals surface area contributed by atoms with Gasteiger partial charge in [-0.1, -0.05) is 60.5 Å². The molecule has 0 unspecified atom stereocenters. The summed E-state index contributed by atoms with van der Waals surface area (Å²) in [7, 11) is -3.99. The minimum absolute atomic E-state index is 0.0462. The lowest BCUT2D eigenvalue weighted by molar-refractivity contribution is 0.0935. The van der Waals surface area contributed by atoms with Crippen molar-refractivity contribution in [3.63, 3.8) is 0 Å². The van der Waals surface area contributed by atoms with Gasteiger partial charge in [0.15, 0.2) is 0 Å². The molecule has 2 N–H and O–H groups in total. The molecule has 0 fully saturated rings. The van der Waals surface area contributed by atoms with Crippen molar-refractivity contribution in [2.45, 2.75) is 45.1 Å². The van der Waals surface area contributed by atoms with Crippen LogP contribution in [-0.4, -0.2) is 14.3 Å². The lowest BCUT2D eigenvalue weighted by atomic mass is 10.0. The van der Waals surface area contributed by atoms with Crippen molar-refractivity contribution in [3.8, 4) is 0 Å². The molecule has 0 saturated heterocycles. The van der Waals surface area contributed by atoms with Crippen LogP contribution >= 0.6 is 11.6 Å². The number of rotatable bonds is 7. The molecule has 0 bridgehead atoms. The van der Waals surface area contributed by atoms with Crippen molar-refractivity contribution in [2.75, 3.05) is 4.72 Å². The third kappa shape index (κ3) is 5.31. The molecule has 0 heterocycles. The second-order valence-electron chi connectivity index (χ2n) is 7.84. The second kappa shape index (κ2) is 9.76. The zero-order valence-corrected chi connectivity index (χ0v) is 20.1. The Labute approximate surface area is 194 Å². The van der Waals surface area contributed by atoms with Crippen LogP contribution in [0.15, 0.2) is 65.6 Å². The molecule has 7 heteroatoms. The Morgan fingerprint density at radius 2 is 1.69 bits per heavy atom. The van der Waals surface area contributed by atoms with Crippen LogP contribution in [-0.2, 0) is 10.0 Å². The van der Waals surface area contributed by atoms with Gasteiger partial charge >= 0.3 is 0 Å². The zero-order valence-electron chi connectivity index (χ0n) is 18.6. The fourth-order valence-corrected chi connectivity index (χ4v) is 5.02. The molecule has 0 saturated carbocycles. The summed E-state index contributed by atoms with van der Waals surface area (Å²) < 4.78 is 28.7. The van der Waals surface area contributed by atoms with Crippen LogP contribution in [0.1, 0.15) is 52.0 Å². The van der Waals surface area contributed by atoms with Gasteiger partial charge in [-0.15, -0.1) is 0 Å². The first-order valence-corrected chi connectivity index (χ1v) is 12.2. The van der Waals surface area contributed by atoms with Gasteiger partial charge in [0.25, 0.3) is 15.9 Å². The minimum atomic E-state index is -3.99. The zero-order chi connectivity index (χ0) is 23.5. The first-order valence-electron chi connectivity index (χ1n) is 10.4. The first-order chi connectivity index (χ1) is 15.1. The minimum Gasteiger partial charge on any atom is -0.345 e. The summed E-state index contributed by atoms with van der Waals surface area (Å²) >= 11 is 6.22. The Balaban J connectivity index is 1.87. The lowest BCUT2D eigenvalue weighted by Gasteiger charge is -2.18. The summed E-state index contributed by atoms with van der Waals surface area (Å²) in [6.45, 7) is 7.74. The molecule has 0 aliphatic heterocycles. The van der Waals surface area contributed by atoms with Crippen molar-refractivity contribution in [1.29, 1.82) is 0 Å². The van der Waals surface area contributed by atoms with Crippen LogP contribution < -0.4 is 10.0 Å². The monoisotopic (exact) mass is 470 g/mol. The van der Waals surface area contributed by atoms with Gasteiger partial charge in [0.1, 0.15) is 4.90 Å². The highest BCUT2D eigenvalue weighted by Gasteiger charge is 2.22. The quantitative estimate of drug-likeness (QED) is 0.448. The predicted octanol–water partition coefficient (Wildman–Crippen LogP) is 5.95. The van der Waals surface area contributed by atoms with Gasteiger partial charge in [-0.2, -0.15) is 0 Å². The van der Waals surface area contributed by atoms with E-state index in [0.717, 1.165) is 22.3 Å². The maximum Gasteiger partial charge on any atom is 0.263 e. The molecule has 0 aromatic heterocycles. The molecule has 168 valence electrons. The van der Waals surface area contributed by atoms with Crippen LogP contribution in [0.25, 0.3) is 0 Å². The molecule has 32 heavy (non-hydrogen) atoms. The van der Waals surface area contributed by atoms with Crippen LogP contribution in [0.5, 0.6) is 0 Å². The molecule has 3 aromatic rings. The van der Waals surface area contributed by atoms with Gasteiger partial charge in [0.2, 0.25) is 0 Å². The highest BCUT2D eigenvalue weighted by atomic mass is 35.5. The average Bonchev–Trinajstić information content (AvgIpc) is 2.76. The Bertz CT molecular complexity index is 1240. The smallest absolute Gasteiger partial charge is 0.263 e. The van der Waals surface area contributed by atoms with Gasteiger partial charge in [0.05, 0.1) is 16.8 Å². The summed E-state index contributed by atoms with van der Waals surface area (Å²) in [5.41, 5.74) is 4.61. The van der Waals surface area contributed by atoms with Crippen molar-refractivity contribution < 1.29 is 13.2 Å². The summed E-state index contributed by atoms with van der Waals surface area (Å²) in [5.74, 6) is -0.364. The SMILES string of the molecule is CC[C@H](NC(=O)c1ccc(Cl)c(S(=O)(=O)Nc2cccc(C)c2C)c1)c1ccc(C)cc1. The number of aryl methyl sites for hydroxylation is 2. The van der Waals surface area contributed by atoms with Gasteiger partial charge in [-0.25, -0.2) is 8.42 Å². The first kappa shape index (κ1) is 23.8. The van der Waals surface area contributed by atoms with Crippen LogP contribution in [0, 0.1) is 20.8 Å². The van der Waals surface area contributed by atoms with Crippen molar-refractivity contribution >= 4 is 33.2 Å². The van der Waals surface area contributed by atoms with E-state index in [1.807, 2.05) is 58.0 Å². The Kier molecular flexibility index (Phi) is 7.26. The van der Waals surface area contributed by atoms with E-state index in [1.54, 1.807) is 12.1 Å². The number of anilines is 1. The number of hydrogen-bond donors (Lipinski definition) is 2. The molecule has 1 atom stereocenters. The number of nitrogens with one attached hydrogen (secondary N) is 2.